The number of rotatable bonds is 5. The van der Waals surface area contributed by atoms with Crippen LogP contribution < -0.4 is 10.6 Å². The molecule has 20 heavy (non-hydrogen) atoms. The van der Waals surface area contributed by atoms with Gasteiger partial charge in [-0.1, -0.05) is 43.2 Å². The summed E-state index contributed by atoms with van der Waals surface area (Å²) in [5.41, 5.74) is 1.88. The van der Waals surface area contributed by atoms with Crippen molar-refractivity contribution < 1.29 is 9.90 Å². The summed E-state index contributed by atoms with van der Waals surface area (Å²) in [6, 6.07) is 7.33. The molecule has 0 bridgehead atoms. The lowest BCUT2D eigenvalue weighted by Crippen LogP contribution is -2.31. The van der Waals surface area contributed by atoms with Gasteiger partial charge in [-0.15, -0.1) is 0 Å². The van der Waals surface area contributed by atoms with Gasteiger partial charge in [0.25, 0.3) is 0 Å². The van der Waals surface area contributed by atoms with Gasteiger partial charge >= 0.3 is 6.03 Å². The molecule has 1 fully saturated rings. The number of hydrogen-bond donors (Lipinski definition) is 3. The van der Waals surface area contributed by atoms with Crippen molar-refractivity contribution >= 4 is 6.03 Å². The van der Waals surface area contributed by atoms with Gasteiger partial charge < -0.3 is 15.7 Å². The zero-order chi connectivity index (χ0) is 14.2. The van der Waals surface area contributed by atoms with E-state index in [1.165, 1.54) is 25.7 Å². The van der Waals surface area contributed by atoms with Crippen LogP contribution in [0.2, 0.25) is 0 Å². The number of nitrogens with one attached hydrogen (secondary N) is 2. The highest BCUT2D eigenvalue weighted by Crippen LogP contribution is 2.25. The van der Waals surface area contributed by atoms with Gasteiger partial charge in [0.1, 0.15) is 0 Å². The Kier molecular flexibility index (Phi) is 5.62. The molecule has 2 amide bonds. The van der Waals surface area contributed by atoms with Crippen LogP contribution in [-0.2, 0) is 13.2 Å². The van der Waals surface area contributed by atoms with Crippen LogP contribution in [0, 0.1) is 5.92 Å². The normalized spacial score (nSPS) is 15.7. The maximum absolute atomic E-state index is 11.6. The monoisotopic (exact) mass is 274 g/mol. The van der Waals surface area contributed by atoms with Gasteiger partial charge in [0.15, 0.2) is 0 Å². The molecular weight excluding hydrogens is 252 g/mol. The second-order valence-corrected chi connectivity index (χ2v) is 5.21. The smallest absolute Gasteiger partial charge is 0.319 e. The molecule has 1 aliphatic rings. The van der Waals surface area contributed by atoms with Crippen molar-refractivity contribution in [1.29, 1.82) is 0 Å². The van der Waals surface area contributed by atoms with Crippen LogP contribution in [0.15, 0.2) is 36.5 Å². The molecule has 0 aromatic heterocycles. The molecule has 1 aromatic carbocycles. The number of benzene rings is 1. The molecule has 4 nitrogen and oxygen atoms in total. The van der Waals surface area contributed by atoms with E-state index >= 15 is 0 Å². The standard InChI is InChI=1S/C16H22N2O2/c19-12-15-7-5-14(6-8-15)11-18-16(20)17-10-9-13-3-1-2-4-13/h5-10,13,19H,1-4,11-12H2,(H2,17,18,20)/b10-9+. The molecule has 1 saturated carbocycles. The Morgan fingerprint density at radius 1 is 1.20 bits per heavy atom. The minimum atomic E-state index is -0.189. The molecule has 1 aliphatic carbocycles. The average Bonchev–Trinajstić information content (AvgIpc) is 2.99. The van der Waals surface area contributed by atoms with Crippen molar-refractivity contribution in [3.8, 4) is 0 Å². The van der Waals surface area contributed by atoms with E-state index in [4.69, 9.17) is 5.11 Å². The van der Waals surface area contributed by atoms with Gasteiger partial charge in [-0.25, -0.2) is 4.79 Å². The molecule has 2 rings (SSSR count). The summed E-state index contributed by atoms with van der Waals surface area (Å²) in [5.74, 6) is 0.626. The predicted octanol–water partition coefficient (Wildman–Crippen LogP) is 2.68. The summed E-state index contributed by atoms with van der Waals surface area (Å²) in [6.45, 7) is 0.523. The first kappa shape index (κ1) is 14.6. The van der Waals surface area contributed by atoms with Gasteiger partial charge in [0, 0.05) is 12.7 Å². The molecule has 0 saturated heterocycles. The summed E-state index contributed by atoms with van der Waals surface area (Å²) in [5, 5.41) is 14.5. The first-order valence-corrected chi connectivity index (χ1v) is 7.17. The van der Waals surface area contributed by atoms with Crippen molar-refractivity contribution in [2.24, 2.45) is 5.92 Å². The second kappa shape index (κ2) is 7.70. The van der Waals surface area contributed by atoms with Gasteiger partial charge in [-0.3, -0.25) is 0 Å². The van der Waals surface area contributed by atoms with E-state index < -0.39 is 0 Å². The molecule has 3 N–H and O–H groups in total. The lowest BCUT2D eigenvalue weighted by molar-refractivity contribution is 0.243. The molecule has 0 atom stereocenters. The van der Waals surface area contributed by atoms with Gasteiger partial charge in [0.05, 0.1) is 6.61 Å². The predicted molar refractivity (Wildman–Crippen MR) is 78.8 cm³/mol. The van der Waals surface area contributed by atoms with Crippen molar-refractivity contribution in [1.82, 2.24) is 10.6 Å². The minimum absolute atomic E-state index is 0.0418. The Morgan fingerprint density at radius 3 is 2.50 bits per heavy atom. The molecule has 0 radical (unpaired) electrons. The van der Waals surface area contributed by atoms with Crippen LogP contribution >= 0.6 is 0 Å². The number of carbonyl (C=O) groups is 1. The molecule has 0 spiro atoms. The lowest BCUT2D eigenvalue weighted by atomic mass is 10.1. The van der Waals surface area contributed by atoms with Crippen LogP contribution in [-0.4, -0.2) is 11.1 Å². The largest absolute Gasteiger partial charge is 0.392 e. The number of hydrogen-bond acceptors (Lipinski definition) is 2. The van der Waals surface area contributed by atoms with E-state index in [1.807, 2.05) is 24.3 Å². The van der Waals surface area contributed by atoms with Gasteiger partial charge in [0.2, 0.25) is 0 Å². The van der Waals surface area contributed by atoms with Crippen LogP contribution in [0.3, 0.4) is 0 Å². The van der Waals surface area contributed by atoms with Gasteiger partial charge in [-0.05, 0) is 29.9 Å². The maximum Gasteiger partial charge on any atom is 0.319 e. The molecule has 0 heterocycles. The van der Waals surface area contributed by atoms with E-state index in [1.54, 1.807) is 6.20 Å². The lowest BCUT2D eigenvalue weighted by Gasteiger charge is -2.06. The topological polar surface area (TPSA) is 61.4 Å². The Hall–Kier alpha value is -1.81. The Balaban J connectivity index is 1.68. The average molecular weight is 274 g/mol. The van der Waals surface area contributed by atoms with Crippen LogP contribution in [0.5, 0.6) is 0 Å². The highest BCUT2D eigenvalue weighted by molar-refractivity contribution is 5.74. The molecular formula is C16H22N2O2. The molecule has 0 unspecified atom stereocenters. The minimum Gasteiger partial charge on any atom is -0.392 e. The summed E-state index contributed by atoms with van der Waals surface area (Å²) >= 11 is 0. The SMILES string of the molecule is O=C(N/C=C/C1CCCC1)NCc1ccc(CO)cc1. The number of aliphatic hydroxyl groups is 1. The van der Waals surface area contributed by atoms with E-state index in [0.29, 0.717) is 12.5 Å². The number of carbonyl (C=O) groups excluding carboxylic acids is 1. The summed E-state index contributed by atoms with van der Waals surface area (Å²) < 4.78 is 0. The number of allylic oxidation sites excluding steroid dienone is 1. The number of aliphatic hydroxyl groups excluding tert-OH is 1. The summed E-state index contributed by atoms with van der Waals surface area (Å²) in [4.78, 5) is 11.6. The van der Waals surface area contributed by atoms with Gasteiger partial charge in [-0.2, -0.15) is 0 Å². The van der Waals surface area contributed by atoms with Crippen LogP contribution in [0.1, 0.15) is 36.8 Å². The highest BCUT2D eigenvalue weighted by atomic mass is 16.3. The van der Waals surface area contributed by atoms with Crippen molar-refractivity contribution in [3.05, 3.63) is 47.7 Å². The number of urea groups is 1. The molecule has 0 aliphatic heterocycles. The highest BCUT2D eigenvalue weighted by Gasteiger charge is 2.11. The maximum atomic E-state index is 11.6. The fourth-order valence-corrected chi connectivity index (χ4v) is 2.41. The molecule has 108 valence electrons. The van der Waals surface area contributed by atoms with E-state index in [9.17, 15) is 4.79 Å². The first-order chi connectivity index (χ1) is 9.78. The van der Waals surface area contributed by atoms with Crippen molar-refractivity contribution in [2.75, 3.05) is 0 Å². The Bertz CT molecular complexity index is 448. The fourth-order valence-electron chi connectivity index (χ4n) is 2.41. The quantitative estimate of drug-likeness (QED) is 0.773. The first-order valence-electron chi connectivity index (χ1n) is 7.17. The Morgan fingerprint density at radius 2 is 1.85 bits per heavy atom. The van der Waals surface area contributed by atoms with E-state index in [-0.39, 0.29) is 12.6 Å². The Labute approximate surface area is 119 Å². The number of amides is 2. The van der Waals surface area contributed by atoms with Crippen molar-refractivity contribution in [3.63, 3.8) is 0 Å². The summed E-state index contributed by atoms with van der Waals surface area (Å²) in [6.07, 6.45) is 8.90. The second-order valence-electron chi connectivity index (χ2n) is 5.21. The molecule has 4 heteroatoms. The van der Waals surface area contributed by atoms with Crippen molar-refractivity contribution in [2.45, 2.75) is 38.8 Å². The van der Waals surface area contributed by atoms with Crippen LogP contribution in [0.4, 0.5) is 4.79 Å². The van der Waals surface area contributed by atoms with Crippen LogP contribution in [0.25, 0.3) is 0 Å². The van der Waals surface area contributed by atoms with E-state index in [0.717, 1.165) is 11.1 Å². The zero-order valence-electron chi connectivity index (χ0n) is 11.6. The third-order valence-corrected chi connectivity index (χ3v) is 3.64. The fraction of sp³-hybridized carbons (Fsp3) is 0.438. The van der Waals surface area contributed by atoms with E-state index in [2.05, 4.69) is 16.7 Å². The summed E-state index contributed by atoms with van der Waals surface area (Å²) in [7, 11) is 0. The third-order valence-electron chi connectivity index (χ3n) is 3.64. The zero-order valence-corrected chi connectivity index (χ0v) is 11.6. The third kappa shape index (κ3) is 4.70. The molecule has 1 aromatic rings.